The van der Waals surface area contributed by atoms with Gasteiger partial charge in [-0.2, -0.15) is 0 Å². The fraction of sp³-hybridized carbons (Fsp3) is 0.100. The van der Waals surface area contributed by atoms with Gasteiger partial charge in [0.15, 0.2) is 17.9 Å². The van der Waals surface area contributed by atoms with Gasteiger partial charge in [-0.3, -0.25) is 4.79 Å². The number of ether oxygens (including phenoxy) is 1. The molecule has 0 fully saturated rings. The fourth-order valence-corrected chi connectivity index (χ4v) is 0.913. The third-order valence-corrected chi connectivity index (χ3v) is 1.47. The van der Waals surface area contributed by atoms with Crippen molar-refractivity contribution in [1.82, 2.24) is 0 Å². The van der Waals surface area contributed by atoms with Gasteiger partial charge in [0.05, 0.1) is 5.56 Å². The van der Waals surface area contributed by atoms with Gasteiger partial charge in [0.2, 0.25) is 0 Å². The third-order valence-electron chi connectivity index (χ3n) is 1.47. The minimum Gasteiger partial charge on any atom is -0.486 e. The lowest BCUT2D eigenvalue weighted by atomic mass is 10.2. The molecule has 1 rings (SSSR count). The van der Waals surface area contributed by atoms with Gasteiger partial charge >= 0.3 is 0 Å². The fourth-order valence-electron chi connectivity index (χ4n) is 0.913. The Morgan fingerprint density at radius 1 is 1.54 bits per heavy atom. The zero-order chi connectivity index (χ0) is 9.68. The van der Waals surface area contributed by atoms with Gasteiger partial charge in [-0.05, 0) is 12.1 Å². The van der Waals surface area contributed by atoms with Crippen LogP contribution in [0.15, 0.2) is 30.9 Å². The van der Waals surface area contributed by atoms with Crippen LogP contribution >= 0.6 is 0 Å². The van der Waals surface area contributed by atoms with Crippen LogP contribution in [0, 0.1) is 5.82 Å². The van der Waals surface area contributed by atoms with Gasteiger partial charge < -0.3 is 4.74 Å². The molecule has 0 unspecified atom stereocenters. The maximum atomic E-state index is 13.0. The summed E-state index contributed by atoms with van der Waals surface area (Å²) in [5.74, 6) is -0.552. The average Bonchev–Trinajstić information content (AvgIpc) is 2.15. The molecular weight excluding hydrogens is 171 g/mol. The molecule has 0 radical (unpaired) electrons. The molecule has 0 heterocycles. The first-order valence-corrected chi connectivity index (χ1v) is 3.77. The number of halogens is 1. The highest BCUT2D eigenvalue weighted by Crippen LogP contribution is 2.20. The zero-order valence-electron chi connectivity index (χ0n) is 7.00. The molecule has 0 N–H and O–H groups in total. The van der Waals surface area contributed by atoms with Crippen molar-refractivity contribution < 1.29 is 13.9 Å². The Labute approximate surface area is 75.6 Å². The Hall–Kier alpha value is -1.64. The van der Waals surface area contributed by atoms with E-state index in [0.29, 0.717) is 6.29 Å². The summed E-state index contributed by atoms with van der Waals surface area (Å²) in [5, 5.41) is 0. The minimum atomic E-state index is -0.536. The molecule has 13 heavy (non-hydrogen) atoms. The molecule has 0 aliphatic rings. The first kappa shape index (κ1) is 9.45. The van der Waals surface area contributed by atoms with Crippen LogP contribution in [0.5, 0.6) is 5.75 Å². The maximum Gasteiger partial charge on any atom is 0.165 e. The van der Waals surface area contributed by atoms with E-state index in [4.69, 9.17) is 4.74 Å². The van der Waals surface area contributed by atoms with E-state index in [1.165, 1.54) is 24.3 Å². The van der Waals surface area contributed by atoms with Crippen molar-refractivity contribution in [2.24, 2.45) is 0 Å². The summed E-state index contributed by atoms with van der Waals surface area (Å²) < 4.78 is 18.0. The Bertz CT molecular complexity index is 321. The molecule has 0 saturated heterocycles. The SMILES string of the molecule is C=CCOc1c(F)cccc1C=O. The number of benzene rings is 1. The topological polar surface area (TPSA) is 26.3 Å². The van der Waals surface area contributed by atoms with Gasteiger partial charge in [0.25, 0.3) is 0 Å². The Balaban J connectivity index is 2.99. The summed E-state index contributed by atoms with van der Waals surface area (Å²) in [6, 6.07) is 4.19. The number of rotatable bonds is 4. The van der Waals surface area contributed by atoms with E-state index in [2.05, 4.69) is 6.58 Å². The molecule has 1 aromatic carbocycles. The number of carbonyl (C=O) groups is 1. The second kappa shape index (κ2) is 4.40. The van der Waals surface area contributed by atoms with Crippen molar-refractivity contribution in [3.05, 3.63) is 42.2 Å². The van der Waals surface area contributed by atoms with Crippen molar-refractivity contribution in [3.63, 3.8) is 0 Å². The lowest BCUT2D eigenvalue weighted by Gasteiger charge is -2.06. The maximum absolute atomic E-state index is 13.0. The van der Waals surface area contributed by atoms with Gasteiger partial charge in [-0.1, -0.05) is 18.7 Å². The summed E-state index contributed by atoms with van der Waals surface area (Å²) >= 11 is 0. The van der Waals surface area contributed by atoms with Crippen molar-refractivity contribution in [1.29, 1.82) is 0 Å². The molecule has 0 aliphatic carbocycles. The summed E-state index contributed by atoms with van der Waals surface area (Å²) in [6.45, 7) is 3.61. The smallest absolute Gasteiger partial charge is 0.165 e. The van der Waals surface area contributed by atoms with Crippen LogP contribution in [0.3, 0.4) is 0 Å². The summed E-state index contributed by atoms with van der Waals surface area (Å²) in [6.07, 6.45) is 2.04. The number of hydrogen-bond donors (Lipinski definition) is 0. The van der Waals surface area contributed by atoms with Crippen LogP contribution in [-0.2, 0) is 0 Å². The highest BCUT2D eigenvalue weighted by Gasteiger charge is 2.07. The number of aldehydes is 1. The number of hydrogen-bond acceptors (Lipinski definition) is 2. The number of para-hydroxylation sites is 1. The van der Waals surface area contributed by atoms with E-state index in [1.54, 1.807) is 0 Å². The van der Waals surface area contributed by atoms with Crippen molar-refractivity contribution in [2.45, 2.75) is 0 Å². The van der Waals surface area contributed by atoms with E-state index >= 15 is 0 Å². The molecular formula is C10H9FO2. The Kier molecular flexibility index (Phi) is 3.20. The van der Waals surface area contributed by atoms with Gasteiger partial charge in [-0.25, -0.2) is 4.39 Å². The Morgan fingerprint density at radius 2 is 2.31 bits per heavy atom. The standard InChI is InChI=1S/C10H9FO2/c1-2-6-13-10-8(7-12)4-3-5-9(10)11/h2-5,7H,1,6H2. The van der Waals surface area contributed by atoms with Crippen LogP contribution in [0.1, 0.15) is 10.4 Å². The molecule has 0 aliphatic heterocycles. The van der Waals surface area contributed by atoms with Crippen molar-refractivity contribution in [3.8, 4) is 5.75 Å². The molecule has 0 saturated carbocycles. The average molecular weight is 180 g/mol. The van der Waals surface area contributed by atoms with E-state index in [-0.39, 0.29) is 17.9 Å². The van der Waals surface area contributed by atoms with Crippen LogP contribution in [0.25, 0.3) is 0 Å². The summed E-state index contributed by atoms with van der Waals surface area (Å²) in [5.41, 5.74) is 0.210. The second-order valence-electron chi connectivity index (χ2n) is 2.38. The van der Waals surface area contributed by atoms with E-state index in [1.807, 2.05) is 0 Å². The van der Waals surface area contributed by atoms with Crippen LogP contribution < -0.4 is 4.74 Å². The van der Waals surface area contributed by atoms with Gasteiger partial charge in [0.1, 0.15) is 6.61 Å². The first-order valence-electron chi connectivity index (χ1n) is 3.77. The quantitative estimate of drug-likeness (QED) is 0.524. The second-order valence-corrected chi connectivity index (χ2v) is 2.38. The predicted octanol–water partition coefficient (Wildman–Crippen LogP) is 2.20. The van der Waals surface area contributed by atoms with Crippen molar-refractivity contribution in [2.75, 3.05) is 6.61 Å². The number of carbonyl (C=O) groups excluding carboxylic acids is 1. The van der Waals surface area contributed by atoms with Crippen molar-refractivity contribution >= 4 is 6.29 Å². The van der Waals surface area contributed by atoms with Gasteiger partial charge in [-0.15, -0.1) is 0 Å². The van der Waals surface area contributed by atoms with E-state index < -0.39 is 5.82 Å². The molecule has 1 aromatic rings. The lowest BCUT2D eigenvalue weighted by Crippen LogP contribution is -1.99. The normalized spacial score (nSPS) is 9.31. The molecule has 68 valence electrons. The van der Waals surface area contributed by atoms with Crippen LogP contribution in [-0.4, -0.2) is 12.9 Å². The Morgan fingerprint density at radius 3 is 2.92 bits per heavy atom. The van der Waals surface area contributed by atoms with E-state index in [0.717, 1.165) is 0 Å². The largest absolute Gasteiger partial charge is 0.486 e. The first-order chi connectivity index (χ1) is 6.29. The van der Waals surface area contributed by atoms with E-state index in [9.17, 15) is 9.18 Å². The summed E-state index contributed by atoms with van der Waals surface area (Å²) in [7, 11) is 0. The molecule has 0 bridgehead atoms. The molecule has 0 amide bonds. The third kappa shape index (κ3) is 2.15. The highest BCUT2D eigenvalue weighted by atomic mass is 19.1. The molecule has 2 nitrogen and oxygen atoms in total. The zero-order valence-corrected chi connectivity index (χ0v) is 7.00. The van der Waals surface area contributed by atoms with Gasteiger partial charge in [0, 0.05) is 0 Å². The molecule has 3 heteroatoms. The molecule has 0 spiro atoms. The monoisotopic (exact) mass is 180 g/mol. The molecule has 0 aromatic heterocycles. The summed E-state index contributed by atoms with van der Waals surface area (Å²) in [4.78, 5) is 10.5. The van der Waals surface area contributed by atoms with Crippen LogP contribution in [0.4, 0.5) is 4.39 Å². The minimum absolute atomic E-state index is 0.0163. The lowest BCUT2D eigenvalue weighted by molar-refractivity contribution is 0.111. The van der Waals surface area contributed by atoms with Crippen LogP contribution in [0.2, 0.25) is 0 Å². The predicted molar refractivity (Wildman–Crippen MR) is 47.5 cm³/mol. The molecule has 0 atom stereocenters. The highest BCUT2D eigenvalue weighted by molar-refractivity contribution is 5.79.